The van der Waals surface area contributed by atoms with E-state index in [1.807, 2.05) is 13.8 Å². The smallest absolute Gasteiger partial charge is 0.325 e. The summed E-state index contributed by atoms with van der Waals surface area (Å²) in [6, 6.07) is -0.312. The Labute approximate surface area is 160 Å². The quantitative estimate of drug-likeness (QED) is 0.674. The van der Waals surface area contributed by atoms with Gasteiger partial charge in [-0.3, -0.25) is 19.4 Å². The third-order valence-electron chi connectivity index (χ3n) is 6.66. The van der Waals surface area contributed by atoms with Crippen LogP contribution in [0, 0.1) is 5.92 Å². The summed E-state index contributed by atoms with van der Waals surface area (Å²) in [7, 11) is 0. The average Bonchev–Trinajstić information content (AvgIpc) is 2.90. The Hall–Kier alpha value is -1.67. The maximum Gasteiger partial charge on any atom is 0.325 e. The molecule has 1 aliphatic carbocycles. The SMILES string of the molecule is CC[C@H](CO)N1CCN(C(=O)CN2C(=O)N[C@@]3(CCCC[C@@H]3C)C2=O)CC1. The molecule has 8 nitrogen and oxygen atoms in total. The van der Waals surface area contributed by atoms with Crippen LogP contribution in [-0.4, -0.2) is 88.6 Å². The van der Waals surface area contributed by atoms with E-state index in [-0.39, 0.29) is 36.9 Å². The number of hydrogen-bond acceptors (Lipinski definition) is 5. The van der Waals surface area contributed by atoms with Gasteiger partial charge in [-0.15, -0.1) is 0 Å². The first-order valence-corrected chi connectivity index (χ1v) is 10.2. The maximum atomic E-state index is 13.0. The molecule has 0 aromatic carbocycles. The van der Waals surface area contributed by atoms with Crippen LogP contribution in [0.5, 0.6) is 0 Å². The largest absolute Gasteiger partial charge is 0.395 e. The molecule has 1 saturated carbocycles. The van der Waals surface area contributed by atoms with Gasteiger partial charge in [0.05, 0.1) is 6.61 Å². The van der Waals surface area contributed by atoms with Gasteiger partial charge in [0.25, 0.3) is 5.91 Å². The number of imide groups is 1. The molecular formula is C19H32N4O4. The Balaban J connectivity index is 1.58. The van der Waals surface area contributed by atoms with Crippen LogP contribution in [0.25, 0.3) is 0 Å². The molecule has 27 heavy (non-hydrogen) atoms. The van der Waals surface area contributed by atoms with Crippen LogP contribution < -0.4 is 5.32 Å². The number of carbonyl (C=O) groups excluding carboxylic acids is 3. The second kappa shape index (κ2) is 8.14. The molecule has 0 unspecified atom stereocenters. The zero-order valence-electron chi connectivity index (χ0n) is 16.4. The van der Waals surface area contributed by atoms with Crippen molar-refractivity contribution in [1.82, 2.24) is 20.0 Å². The molecule has 3 fully saturated rings. The van der Waals surface area contributed by atoms with Crippen LogP contribution in [0.1, 0.15) is 46.0 Å². The molecule has 152 valence electrons. The summed E-state index contributed by atoms with van der Waals surface area (Å²) in [4.78, 5) is 43.1. The fourth-order valence-electron chi connectivity index (χ4n) is 4.71. The highest BCUT2D eigenvalue weighted by atomic mass is 16.3. The molecule has 2 saturated heterocycles. The Morgan fingerprint density at radius 3 is 2.56 bits per heavy atom. The van der Waals surface area contributed by atoms with Crippen molar-refractivity contribution < 1.29 is 19.5 Å². The third kappa shape index (κ3) is 3.69. The number of nitrogens with zero attached hydrogens (tertiary/aromatic N) is 3. The number of hydrogen-bond donors (Lipinski definition) is 2. The monoisotopic (exact) mass is 380 g/mol. The Kier molecular flexibility index (Phi) is 6.05. The van der Waals surface area contributed by atoms with Crippen molar-refractivity contribution in [2.45, 2.75) is 57.5 Å². The van der Waals surface area contributed by atoms with E-state index < -0.39 is 11.6 Å². The lowest BCUT2D eigenvalue weighted by Crippen LogP contribution is -2.55. The highest BCUT2D eigenvalue weighted by Crippen LogP contribution is 2.38. The number of aliphatic hydroxyl groups is 1. The van der Waals surface area contributed by atoms with E-state index in [0.29, 0.717) is 32.6 Å². The van der Waals surface area contributed by atoms with Crippen molar-refractivity contribution >= 4 is 17.8 Å². The van der Waals surface area contributed by atoms with E-state index in [0.717, 1.165) is 30.6 Å². The molecule has 1 spiro atoms. The van der Waals surface area contributed by atoms with Gasteiger partial charge >= 0.3 is 6.03 Å². The minimum absolute atomic E-state index is 0.0933. The van der Waals surface area contributed by atoms with Gasteiger partial charge in [-0.2, -0.15) is 0 Å². The van der Waals surface area contributed by atoms with Crippen molar-refractivity contribution in [1.29, 1.82) is 0 Å². The van der Waals surface area contributed by atoms with E-state index in [4.69, 9.17) is 0 Å². The van der Waals surface area contributed by atoms with Gasteiger partial charge in [-0.25, -0.2) is 4.79 Å². The molecule has 3 atom stereocenters. The molecule has 0 bridgehead atoms. The highest BCUT2D eigenvalue weighted by molar-refractivity contribution is 6.09. The average molecular weight is 380 g/mol. The Bertz CT molecular complexity index is 586. The highest BCUT2D eigenvalue weighted by Gasteiger charge is 2.55. The van der Waals surface area contributed by atoms with Crippen LogP contribution in [0.3, 0.4) is 0 Å². The maximum absolute atomic E-state index is 13.0. The van der Waals surface area contributed by atoms with E-state index in [1.54, 1.807) is 4.90 Å². The first-order chi connectivity index (χ1) is 12.9. The second-order valence-corrected chi connectivity index (χ2v) is 8.10. The number of urea groups is 1. The van der Waals surface area contributed by atoms with Gasteiger partial charge in [0, 0.05) is 32.2 Å². The van der Waals surface area contributed by atoms with Crippen molar-refractivity contribution in [2.24, 2.45) is 5.92 Å². The van der Waals surface area contributed by atoms with Crippen LogP contribution in [0.4, 0.5) is 4.79 Å². The van der Waals surface area contributed by atoms with Gasteiger partial charge in [0.1, 0.15) is 12.1 Å². The summed E-state index contributed by atoms with van der Waals surface area (Å²) < 4.78 is 0. The number of amides is 4. The number of rotatable bonds is 5. The molecule has 0 aromatic rings. The summed E-state index contributed by atoms with van der Waals surface area (Å²) in [6.45, 7) is 6.49. The van der Waals surface area contributed by atoms with E-state index >= 15 is 0 Å². The van der Waals surface area contributed by atoms with E-state index in [9.17, 15) is 19.5 Å². The predicted molar refractivity (Wildman–Crippen MR) is 99.9 cm³/mol. The molecule has 8 heteroatoms. The minimum Gasteiger partial charge on any atom is -0.395 e. The molecule has 0 radical (unpaired) electrons. The normalized spacial score (nSPS) is 30.7. The number of piperazine rings is 1. The second-order valence-electron chi connectivity index (χ2n) is 8.10. The lowest BCUT2D eigenvalue weighted by molar-refractivity contribution is -0.141. The van der Waals surface area contributed by atoms with Crippen molar-refractivity contribution in [3.63, 3.8) is 0 Å². The van der Waals surface area contributed by atoms with Crippen LogP contribution >= 0.6 is 0 Å². The lowest BCUT2D eigenvalue weighted by Gasteiger charge is -2.39. The molecule has 2 heterocycles. The van der Waals surface area contributed by atoms with Crippen molar-refractivity contribution in [2.75, 3.05) is 39.3 Å². The molecular weight excluding hydrogens is 348 g/mol. The minimum atomic E-state index is -0.816. The first-order valence-electron chi connectivity index (χ1n) is 10.2. The van der Waals surface area contributed by atoms with Gasteiger partial charge in [0.2, 0.25) is 5.91 Å². The topological polar surface area (TPSA) is 93.2 Å². The Morgan fingerprint density at radius 1 is 1.26 bits per heavy atom. The van der Waals surface area contributed by atoms with Crippen LogP contribution in [0.2, 0.25) is 0 Å². The fraction of sp³-hybridized carbons (Fsp3) is 0.842. The number of aliphatic hydroxyl groups excluding tert-OH is 1. The van der Waals surface area contributed by atoms with Crippen LogP contribution in [0.15, 0.2) is 0 Å². The molecule has 2 N–H and O–H groups in total. The van der Waals surface area contributed by atoms with Gasteiger partial charge in [-0.1, -0.05) is 26.7 Å². The van der Waals surface area contributed by atoms with E-state index in [1.165, 1.54) is 0 Å². The molecule has 3 aliphatic rings. The lowest BCUT2D eigenvalue weighted by atomic mass is 9.73. The third-order valence-corrected chi connectivity index (χ3v) is 6.66. The van der Waals surface area contributed by atoms with Crippen molar-refractivity contribution in [3.8, 4) is 0 Å². The predicted octanol–water partition coefficient (Wildman–Crippen LogP) is 0.402. The van der Waals surface area contributed by atoms with Gasteiger partial charge in [0.15, 0.2) is 0 Å². The van der Waals surface area contributed by atoms with E-state index in [2.05, 4.69) is 10.2 Å². The number of nitrogens with one attached hydrogen (secondary N) is 1. The van der Waals surface area contributed by atoms with Gasteiger partial charge < -0.3 is 15.3 Å². The Morgan fingerprint density at radius 2 is 1.96 bits per heavy atom. The summed E-state index contributed by atoms with van der Waals surface area (Å²) in [6.07, 6.45) is 4.43. The molecule has 2 aliphatic heterocycles. The standard InChI is InChI=1S/C19H32N4O4/c1-3-15(13-24)21-8-10-22(11-9-21)16(25)12-23-17(26)19(20-18(23)27)7-5-4-6-14(19)2/h14-15,24H,3-13H2,1-2H3,(H,20,27)/t14-,15+,19+/m0/s1. The van der Waals surface area contributed by atoms with Crippen LogP contribution in [-0.2, 0) is 9.59 Å². The first kappa shape index (κ1) is 20.1. The van der Waals surface area contributed by atoms with Crippen molar-refractivity contribution in [3.05, 3.63) is 0 Å². The summed E-state index contributed by atoms with van der Waals surface area (Å²) in [5.41, 5.74) is -0.816. The fourth-order valence-corrected chi connectivity index (χ4v) is 4.71. The number of carbonyl (C=O) groups is 3. The summed E-state index contributed by atoms with van der Waals surface area (Å²) in [5.74, 6) is -0.329. The summed E-state index contributed by atoms with van der Waals surface area (Å²) >= 11 is 0. The zero-order valence-corrected chi connectivity index (χ0v) is 16.4. The van der Waals surface area contributed by atoms with Gasteiger partial charge in [-0.05, 0) is 25.2 Å². The molecule has 3 rings (SSSR count). The zero-order chi connectivity index (χ0) is 19.6. The molecule has 0 aromatic heterocycles. The summed E-state index contributed by atoms with van der Waals surface area (Å²) in [5, 5.41) is 12.3. The molecule has 4 amide bonds.